The number of carboxylic acids is 1. The molecule has 0 unspecified atom stereocenters. The van der Waals surface area contributed by atoms with E-state index in [-0.39, 0.29) is 5.56 Å². The number of aromatic nitrogens is 2. The lowest BCUT2D eigenvalue weighted by atomic mass is 10.1. The van der Waals surface area contributed by atoms with E-state index in [1.54, 1.807) is 12.1 Å². The van der Waals surface area contributed by atoms with Crippen molar-refractivity contribution in [2.45, 2.75) is 19.3 Å². The van der Waals surface area contributed by atoms with Crippen LogP contribution in [0, 0.1) is 5.92 Å². The Morgan fingerprint density at radius 2 is 2.22 bits per heavy atom. The smallest absolute Gasteiger partial charge is 0.335 e. The molecule has 18 heavy (non-hydrogen) atoms. The maximum atomic E-state index is 10.9. The summed E-state index contributed by atoms with van der Waals surface area (Å²) in [7, 11) is 0. The molecule has 5 nitrogen and oxygen atoms in total. The van der Waals surface area contributed by atoms with Crippen LogP contribution in [0.3, 0.4) is 0 Å². The van der Waals surface area contributed by atoms with Crippen molar-refractivity contribution in [3.05, 3.63) is 35.7 Å². The number of aromatic carboxylic acids is 1. The summed E-state index contributed by atoms with van der Waals surface area (Å²) in [6.07, 6.45) is 3.28. The Hall–Kier alpha value is -2.17. The molecule has 0 amide bonds. The summed E-state index contributed by atoms with van der Waals surface area (Å²) in [6.45, 7) is 0. The van der Waals surface area contributed by atoms with Crippen molar-refractivity contribution in [3.63, 3.8) is 0 Å². The van der Waals surface area contributed by atoms with Crippen LogP contribution >= 0.6 is 0 Å². The normalized spacial score (nSPS) is 14.7. The largest absolute Gasteiger partial charge is 0.478 e. The van der Waals surface area contributed by atoms with Gasteiger partial charge in [-0.15, -0.1) is 10.2 Å². The average Bonchev–Trinajstić information content (AvgIpc) is 3.05. The molecule has 0 bridgehead atoms. The quantitative estimate of drug-likeness (QED) is 0.893. The zero-order chi connectivity index (χ0) is 12.5. The van der Waals surface area contributed by atoms with Crippen molar-refractivity contribution in [1.82, 2.24) is 10.2 Å². The molecular formula is C13H12N2O3. The number of carboxylic acid groups (broad SMARTS) is 1. The Morgan fingerprint density at radius 1 is 1.39 bits per heavy atom. The van der Waals surface area contributed by atoms with Crippen LogP contribution in [0.5, 0.6) is 0 Å². The average molecular weight is 244 g/mol. The molecule has 1 aliphatic rings. The lowest BCUT2D eigenvalue weighted by Gasteiger charge is -1.97. The molecule has 0 saturated heterocycles. The molecule has 1 aromatic carbocycles. The summed E-state index contributed by atoms with van der Waals surface area (Å²) >= 11 is 0. The summed E-state index contributed by atoms with van der Waals surface area (Å²) < 4.78 is 5.54. The SMILES string of the molecule is O=C(O)c1cccc(-c2nnc(CC3CC3)o2)c1. The van der Waals surface area contributed by atoms with E-state index < -0.39 is 5.97 Å². The van der Waals surface area contributed by atoms with Gasteiger partial charge in [0.1, 0.15) is 0 Å². The van der Waals surface area contributed by atoms with Gasteiger partial charge < -0.3 is 9.52 Å². The van der Waals surface area contributed by atoms with Gasteiger partial charge >= 0.3 is 5.97 Å². The number of hydrogen-bond donors (Lipinski definition) is 1. The highest BCUT2D eigenvalue weighted by atomic mass is 16.4. The van der Waals surface area contributed by atoms with Crippen molar-refractivity contribution in [2.24, 2.45) is 5.92 Å². The molecule has 2 aromatic rings. The second-order valence-corrected chi connectivity index (χ2v) is 4.53. The fraction of sp³-hybridized carbons (Fsp3) is 0.308. The lowest BCUT2D eigenvalue weighted by Crippen LogP contribution is -1.95. The molecule has 1 N–H and O–H groups in total. The van der Waals surface area contributed by atoms with E-state index in [0.29, 0.717) is 23.3 Å². The van der Waals surface area contributed by atoms with E-state index in [9.17, 15) is 4.79 Å². The van der Waals surface area contributed by atoms with Gasteiger partial charge in [-0.05, 0) is 37.0 Å². The van der Waals surface area contributed by atoms with Crippen molar-refractivity contribution in [1.29, 1.82) is 0 Å². The highest BCUT2D eigenvalue weighted by Crippen LogP contribution is 2.32. The molecule has 3 rings (SSSR count). The topological polar surface area (TPSA) is 76.2 Å². The van der Waals surface area contributed by atoms with Crippen LogP contribution in [0.4, 0.5) is 0 Å². The van der Waals surface area contributed by atoms with Gasteiger partial charge in [0.2, 0.25) is 11.8 Å². The molecule has 1 aromatic heterocycles. The lowest BCUT2D eigenvalue weighted by molar-refractivity contribution is 0.0697. The molecule has 0 spiro atoms. The van der Waals surface area contributed by atoms with E-state index in [2.05, 4.69) is 10.2 Å². The van der Waals surface area contributed by atoms with Crippen molar-refractivity contribution in [3.8, 4) is 11.5 Å². The van der Waals surface area contributed by atoms with Crippen molar-refractivity contribution >= 4 is 5.97 Å². The Bertz CT molecular complexity index is 587. The fourth-order valence-corrected chi connectivity index (χ4v) is 1.81. The predicted molar refractivity (Wildman–Crippen MR) is 63.1 cm³/mol. The third-order valence-corrected chi connectivity index (χ3v) is 2.98. The Labute approximate surface area is 103 Å². The minimum Gasteiger partial charge on any atom is -0.478 e. The summed E-state index contributed by atoms with van der Waals surface area (Å²) in [5.41, 5.74) is 0.860. The van der Waals surface area contributed by atoms with Gasteiger partial charge in [0, 0.05) is 12.0 Å². The number of benzene rings is 1. The monoisotopic (exact) mass is 244 g/mol. The first-order valence-electron chi connectivity index (χ1n) is 5.88. The van der Waals surface area contributed by atoms with Crippen LogP contribution in [0.2, 0.25) is 0 Å². The molecule has 1 heterocycles. The maximum absolute atomic E-state index is 10.9. The molecule has 1 aliphatic carbocycles. The second-order valence-electron chi connectivity index (χ2n) is 4.53. The standard InChI is InChI=1S/C13H12N2O3/c16-13(17)10-3-1-2-9(7-10)12-15-14-11(18-12)6-8-4-5-8/h1-3,7-8H,4-6H2,(H,16,17). The number of carbonyl (C=O) groups is 1. The summed E-state index contributed by atoms with van der Waals surface area (Å²) in [4.78, 5) is 10.9. The van der Waals surface area contributed by atoms with Gasteiger partial charge in [0.25, 0.3) is 0 Å². The molecule has 0 aliphatic heterocycles. The second kappa shape index (κ2) is 4.25. The first-order valence-corrected chi connectivity index (χ1v) is 5.88. The van der Waals surface area contributed by atoms with Gasteiger partial charge in [0.05, 0.1) is 5.56 Å². The first kappa shape index (κ1) is 11.0. The summed E-state index contributed by atoms with van der Waals surface area (Å²) in [6, 6.07) is 6.51. The number of hydrogen-bond acceptors (Lipinski definition) is 4. The van der Waals surface area contributed by atoms with Crippen LogP contribution in [-0.2, 0) is 6.42 Å². The highest BCUT2D eigenvalue weighted by Gasteiger charge is 2.24. The van der Waals surface area contributed by atoms with Gasteiger partial charge in [-0.3, -0.25) is 0 Å². The van der Waals surface area contributed by atoms with Gasteiger partial charge in [-0.25, -0.2) is 4.79 Å². The Balaban J connectivity index is 1.86. The van der Waals surface area contributed by atoms with Crippen LogP contribution in [-0.4, -0.2) is 21.3 Å². The molecule has 1 saturated carbocycles. The Morgan fingerprint density at radius 3 is 2.94 bits per heavy atom. The molecule has 0 radical (unpaired) electrons. The molecule has 1 fully saturated rings. The van der Waals surface area contributed by atoms with E-state index in [4.69, 9.17) is 9.52 Å². The highest BCUT2D eigenvalue weighted by molar-refractivity contribution is 5.88. The van der Waals surface area contributed by atoms with Gasteiger partial charge in [-0.1, -0.05) is 6.07 Å². The van der Waals surface area contributed by atoms with Gasteiger partial charge in [-0.2, -0.15) is 0 Å². The zero-order valence-electron chi connectivity index (χ0n) is 9.67. The van der Waals surface area contributed by atoms with Gasteiger partial charge in [0.15, 0.2) is 0 Å². The van der Waals surface area contributed by atoms with Crippen LogP contribution in [0.1, 0.15) is 29.1 Å². The van der Waals surface area contributed by atoms with Crippen LogP contribution < -0.4 is 0 Å². The third-order valence-electron chi connectivity index (χ3n) is 2.98. The van der Waals surface area contributed by atoms with E-state index in [1.165, 1.54) is 25.0 Å². The molecule has 0 atom stereocenters. The fourth-order valence-electron chi connectivity index (χ4n) is 1.81. The minimum atomic E-state index is -0.963. The van der Waals surface area contributed by atoms with Crippen molar-refractivity contribution < 1.29 is 14.3 Å². The molecular weight excluding hydrogens is 232 g/mol. The third kappa shape index (κ3) is 2.25. The summed E-state index contributed by atoms with van der Waals surface area (Å²) in [5.74, 6) is 0.736. The van der Waals surface area contributed by atoms with E-state index >= 15 is 0 Å². The van der Waals surface area contributed by atoms with Crippen LogP contribution in [0.15, 0.2) is 28.7 Å². The molecule has 5 heteroatoms. The first-order chi connectivity index (χ1) is 8.72. The van der Waals surface area contributed by atoms with E-state index in [0.717, 1.165) is 6.42 Å². The molecule has 92 valence electrons. The minimum absolute atomic E-state index is 0.217. The zero-order valence-corrected chi connectivity index (χ0v) is 9.67. The predicted octanol–water partition coefficient (Wildman–Crippen LogP) is 2.39. The van der Waals surface area contributed by atoms with Crippen LogP contribution in [0.25, 0.3) is 11.5 Å². The number of nitrogens with zero attached hydrogens (tertiary/aromatic N) is 2. The maximum Gasteiger partial charge on any atom is 0.335 e. The van der Waals surface area contributed by atoms with E-state index in [1.807, 2.05) is 0 Å². The summed E-state index contributed by atoms with van der Waals surface area (Å²) in [5, 5.41) is 16.9. The Kier molecular flexibility index (Phi) is 2.59. The van der Waals surface area contributed by atoms with Crippen molar-refractivity contribution in [2.75, 3.05) is 0 Å². The number of rotatable bonds is 4.